The number of amides is 1. The Balaban J connectivity index is 1.93. The molecule has 3 rings (SSSR count). The number of fused-ring (bicyclic) bond motifs is 1. The first-order valence-electron chi connectivity index (χ1n) is 8.94. The van der Waals surface area contributed by atoms with Crippen molar-refractivity contribution in [3.05, 3.63) is 65.7 Å². The number of carbonyl (C=O) groups excluding carboxylic acids is 1. The third-order valence-electron chi connectivity index (χ3n) is 4.86. The van der Waals surface area contributed by atoms with E-state index in [-0.39, 0.29) is 10.8 Å². The van der Waals surface area contributed by atoms with Gasteiger partial charge in [0.2, 0.25) is 10.0 Å². The quantitative estimate of drug-likeness (QED) is 0.700. The molecular weight excluding hydrogens is 376 g/mol. The van der Waals surface area contributed by atoms with Gasteiger partial charge in [-0.1, -0.05) is 6.08 Å². The summed E-state index contributed by atoms with van der Waals surface area (Å²) in [6.07, 6.45) is 2.99. The number of benzene rings is 2. The second kappa shape index (κ2) is 7.77. The highest BCUT2D eigenvalue weighted by atomic mass is 32.2. The summed E-state index contributed by atoms with van der Waals surface area (Å²) in [4.78, 5) is 15.0. The highest BCUT2D eigenvalue weighted by Gasteiger charge is 2.28. The van der Waals surface area contributed by atoms with Gasteiger partial charge in [-0.05, 0) is 60.4 Å². The Bertz CT molecular complexity index is 1030. The van der Waals surface area contributed by atoms with E-state index in [4.69, 9.17) is 4.74 Å². The van der Waals surface area contributed by atoms with E-state index < -0.39 is 10.0 Å². The minimum absolute atomic E-state index is 0.116. The van der Waals surface area contributed by atoms with E-state index in [0.717, 1.165) is 22.6 Å². The molecule has 0 N–H and O–H groups in total. The number of allylic oxidation sites excluding steroid dienone is 1. The maximum Gasteiger partial charge on any atom is 0.258 e. The van der Waals surface area contributed by atoms with Crippen LogP contribution in [0.3, 0.4) is 0 Å². The number of rotatable bonds is 6. The zero-order valence-corrected chi connectivity index (χ0v) is 17.1. The summed E-state index contributed by atoms with van der Waals surface area (Å²) in [5, 5.41) is 0. The van der Waals surface area contributed by atoms with Crippen LogP contribution in [0, 0.1) is 0 Å². The Morgan fingerprint density at radius 1 is 1.25 bits per heavy atom. The fourth-order valence-corrected chi connectivity index (χ4v) is 4.30. The molecule has 28 heavy (non-hydrogen) atoms. The van der Waals surface area contributed by atoms with Crippen molar-refractivity contribution in [2.45, 2.75) is 17.7 Å². The van der Waals surface area contributed by atoms with Crippen LogP contribution in [0.5, 0.6) is 5.75 Å². The molecule has 0 fully saturated rings. The molecule has 0 radical (unpaired) electrons. The maximum atomic E-state index is 13.1. The molecular formula is C21H24N2O4S. The number of sulfonamides is 1. The molecule has 1 heterocycles. The molecule has 0 aliphatic carbocycles. The number of nitrogens with zero attached hydrogens (tertiary/aromatic N) is 2. The summed E-state index contributed by atoms with van der Waals surface area (Å²) in [5.41, 5.74) is 3.07. The highest BCUT2D eigenvalue weighted by Crippen LogP contribution is 2.32. The van der Waals surface area contributed by atoms with E-state index in [2.05, 4.69) is 6.58 Å². The molecule has 0 bridgehead atoms. The summed E-state index contributed by atoms with van der Waals surface area (Å²) in [6.45, 7) is 4.27. The number of carbonyl (C=O) groups is 1. The van der Waals surface area contributed by atoms with Gasteiger partial charge in [0.05, 0.1) is 12.0 Å². The summed E-state index contributed by atoms with van der Waals surface area (Å²) >= 11 is 0. The molecule has 2 aromatic carbocycles. The highest BCUT2D eigenvalue weighted by molar-refractivity contribution is 7.89. The zero-order valence-electron chi connectivity index (χ0n) is 16.3. The normalized spacial score (nSPS) is 13.5. The second-order valence-corrected chi connectivity index (χ2v) is 8.96. The van der Waals surface area contributed by atoms with Gasteiger partial charge < -0.3 is 9.64 Å². The van der Waals surface area contributed by atoms with E-state index in [0.29, 0.717) is 24.9 Å². The van der Waals surface area contributed by atoms with Gasteiger partial charge in [-0.15, -0.1) is 6.58 Å². The Labute approximate surface area is 166 Å². The average molecular weight is 401 g/mol. The van der Waals surface area contributed by atoms with Crippen molar-refractivity contribution in [2.75, 3.05) is 32.6 Å². The lowest BCUT2D eigenvalue weighted by molar-refractivity contribution is 0.0989. The molecule has 2 aromatic rings. The third kappa shape index (κ3) is 3.55. The predicted octanol–water partition coefficient (Wildman–Crippen LogP) is 2.88. The van der Waals surface area contributed by atoms with Crippen LogP contribution in [0.4, 0.5) is 5.69 Å². The van der Waals surface area contributed by atoms with Crippen molar-refractivity contribution in [3.63, 3.8) is 0 Å². The summed E-state index contributed by atoms with van der Waals surface area (Å²) in [6, 6.07) is 10.3. The number of methoxy groups -OCH3 is 1. The van der Waals surface area contributed by atoms with Gasteiger partial charge in [-0.25, -0.2) is 12.7 Å². The maximum absolute atomic E-state index is 13.1. The molecule has 0 atom stereocenters. The van der Waals surface area contributed by atoms with Crippen LogP contribution in [0.25, 0.3) is 0 Å². The molecule has 0 spiro atoms. The van der Waals surface area contributed by atoms with E-state index in [1.54, 1.807) is 48.4 Å². The van der Waals surface area contributed by atoms with Gasteiger partial charge in [-0.3, -0.25) is 4.79 Å². The van der Waals surface area contributed by atoms with Crippen molar-refractivity contribution in [2.24, 2.45) is 0 Å². The number of hydrogen-bond donors (Lipinski definition) is 0. The van der Waals surface area contributed by atoms with Gasteiger partial charge in [-0.2, -0.15) is 0 Å². The van der Waals surface area contributed by atoms with Crippen molar-refractivity contribution < 1.29 is 17.9 Å². The standard InChI is InChI=1S/C21H24N2O4S/c1-5-6-16-13-17(7-10-20(16)27-4)21(24)23-12-11-15-14-18(8-9-19(15)23)28(25,26)22(2)3/h5,7-10,13-14H,1,6,11-12H2,2-4H3. The molecule has 0 saturated heterocycles. The molecule has 0 unspecified atom stereocenters. The number of ether oxygens (including phenoxy) is 1. The van der Waals surface area contributed by atoms with Gasteiger partial charge in [0.1, 0.15) is 5.75 Å². The van der Waals surface area contributed by atoms with Gasteiger partial charge in [0.15, 0.2) is 0 Å². The van der Waals surface area contributed by atoms with E-state index in [9.17, 15) is 13.2 Å². The largest absolute Gasteiger partial charge is 0.496 e. The van der Waals surface area contributed by atoms with Crippen LogP contribution >= 0.6 is 0 Å². The Kier molecular flexibility index (Phi) is 5.58. The van der Waals surface area contributed by atoms with E-state index >= 15 is 0 Å². The lowest BCUT2D eigenvalue weighted by atomic mass is 10.1. The van der Waals surface area contributed by atoms with Crippen LogP contribution in [-0.2, 0) is 22.9 Å². The Morgan fingerprint density at radius 3 is 2.64 bits per heavy atom. The summed E-state index contributed by atoms with van der Waals surface area (Å²) in [5.74, 6) is 0.603. The summed E-state index contributed by atoms with van der Waals surface area (Å²) < 4.78 is 31.2. The fraction of sp³-hybridized carbons (Fsp3) is 0.286. The molecule has 0 saturated carbocycles. The lowest BCUT2D eigenvalue weighted by Gasteiger charge is -2.19. The van der Waals surface area contributed by atoms with Crippen LogP contribution in [0.2, 0.25) is 0 Å². The fourth-order valence-electron chi connectivity index (χ4n) is 3.34. The average Bonchev–Trinajstić information content (AvgIpc) is 3.10. The van der Waals surface area contributed by atoms with Crippen molar-refractivity contribution in [1.82, 2.24) is 4.31 Å². The second-order valence-electron chi connectivity index (χ2n) is 6.80. The van der Waals surface area contributed by atoms with Gasteiger partial charge in [0.25, 0.3) is 5.91 Å². The molecule has 6 nitrogen and oxygen atoms in total. The van der Waals surface area contributed by atoms with Crippen LogP contribution in [0.15, 0.2) is 53.9 Å². The molecule has 1 amide bonds. The first kappa shape index (κ1) is 20.1. The SMILES string of the molecule is C=CCc1cc(C(=O)N2CCc3cc(S(=O)(=O)N(C)C)ccc32)ccc1OC. The molecule has 1 aliphatic heterocycles. The van der Waals surface area contributed by atoms with Crippen LogP contribution in [0.1, 0.15) is 21.5 Å². The Hall–Kier alpha value is -2.64. The van der Waals surface area contributed by atoms with Gasteiger partial charge in [0, 0.05) is 31.9 Å². The monoisotopic (exact) mass is 400 g/mol. The van der Waals surface area contributed by atoms with E-state index in [1.165, 1.54) is 18.4 Å². The number of hydrogen-bond acceptors (Lipinski definition) is 4. The smallest absolute Gasteiger partial charge is 0.258 e. The van der Waals surface area contributed by atoms with Crippen LogP contribution in [-0.4, -0.2) is 46.4 Å². The molecule has 148 valence electrons. The minimum Gasteiger partial charge on any atom is -0.496 e. The summed E-state index contributed by atoms with van der Waals surface area (Å²) in [7, 11) is 1.10. The topological polar surface area (TPSA) is 66.9 Å². The third-order valence-corrected chi connectivity index (χ3v) is 6.67. The number of anilines is 1. The Morgan fingerprint density at radius 2 is 2.00 bits per heavy atom. The van der Waals surface area contributed by atoms with Crippen molar-refractivity contribution >= 4 is 21.6 Å². The molecule has 7 heteroatoms. The minimum atomic E-state index is -3.50. The molecule has 1 aliphatic rings. The van der Waals surface area contributed by atoms with Crippen LogP contribution < -0.4 is 9.64 Å². The van der Waals surface area contributed by atoms with E-state index in [1.807, 2.05) is 6.07 Å². The first-order valence-corrected chi connectivity index (χ1v) is 10.4. The van der Waals surface area contributed by atoms with Crippen molar-refractivity contribution in [3.8, 4) is 5.75 Å². The predicted molar refractivity (Wildman–Crippen MR) is 110 cm³/mol. The first-order chi connectivity index (χ1) is 13.3. The lowest BCUT2D eigenvalue weighted by Crippen LogP contribution is -2.29. The molecule has 0 aromatic heterocycles. The van der Waals surface area contributed by atoms with Gasteiger partial charge >= 0.3 is 0 Å². The zero-order chi connectivity index (χ0) is 20.5. The van der Waals surface area contributed by atoms with Crippen molar-refractivity contribution in [1.29, 1.82) is 0 Å².